The van der Waals surface area contributed by atoms with E-state index >= 15 is 0 Å². The number of carbonyl (C=O) groups excluding carboxylic acids is 2. The third-order valence-electron chi connectivity index (χ3n) is 4.90. The van der Waals surface area contributed by atoms with Gasteiger partial charge < -0.3 is 25.6 Å². The Bertz CT molecular complexity index is 1040. The van der Waals surface area contributed by atoms with Crippen LogP contribution in [0.25, 0.3) is 0 Å². The van der Waals surface area contributed by atoms with E-state index in [0.29, 0.717) is 33.6 Å². The molecule has 0 aliphatic carbocycles. The second-order valence-corrected chi connectivity index (χ2v) is 7.65. The van der Waals surface area contributed by atoms with E-state index in [1.54, 1.807) is 36.4 Å². The zero-order valence-electron chi connectivity index (χ0n) is 17.4. The zero-order chi connectivity index (χ0) is 22.5. The summed E-state index contributed by atoms with van der Waals surface area (Å²) in [4.78, 5) is 26.6. The highest BCUT2D eigenvalue weighted by Gasteiger charge is 2.33. The first-order valence-corrected chi connectivity index (χ1v) is 10.4. The topological polar surface area (TPSA) is 82.7 Å². The van der Waals surface area contributed by atoms with Gasteiger partial charge in [-0.05, 0) is 62.0 Å². The van der Waals surface area contributed by atoms with Crippen molar-refractivity contribution in [2.24, 2.45) is 0 Å². The van der Waals surface area contributed by atoms with Gasteiger partial charge in [-0.3, -0.25) is 0 Å². The number of ether oxygens (including phenoxy) is 1. The average Bonchev–Trinajstić information content (AvgIpc) is 2.73. The predicted octanol–water partition coefficient (Wildman–Crippen LogP) is 4.68. The van der Waals surface area contributed by atoms with Crippen LogP contribution in [0, 0.1) is 0 Å². The van der Waals surface area contributed by atoms with Gasteiger partial charge in [0.1, 0.15) is 0 Å². The van der Waals surface area contributed by atoms with Crippen molar-refractivity contribution in [2.75, 3.05) is 24.3 Å². The van der Waals surface area contributed by atoms with Crippen LogP contribution in [0.3, 0.4) is 0 Å². The van der Waals surface area contributed by atoms with Crippen molar-refractivity contribution >= 4 is 52.3 Å². The minimum Gasteiger partial charge on any atom is -0.466 e. The van der Waals surface area contributed by atoms with Crippen LogP contribution in [0.15, 0.2) is 59.8 Å². The summed E-state index contributed by atoms with van der Waals surface area (Å²) in [5.41, 5.74) is 3.25. The maximum absolute atomic E-state index is 12.5. The van der Waals surface area contributed by atoms with Crippen molar-refractivity contribution in [3.63, 3.8) is 0 Å². The second-order valence-electron chi connectivity index (χ2n) is 6.83. The number of hydrogen-bond donors (Lipinski definition) is 3. The third kappa shape index (κ3) is 5.15. The first kappa shape index (κ1) is 22.6. The molecule has 1 aliphatic rings. The number of nitrogens with one attached hydrogen (secondary N) is 3. The highest BCUT2D eigenvalue weighted by atomic mass is 35.5. The Morgan fingerprint density at radius 1 is 1.16 bits per heavy atom. The molecule has 2 aromatic carbocycles. The van der Waals surface area contributed by atoms with Gasteiger partial charge in [-0.15, -0.1) is 0 Å². The summed E-state index contributed by atoms with van der Waals surface area (Å²) < 4.78 is 5.00. The molecule has 0 spiro atoms. The van der Waals surface area contributed by atoms with Gasteiger partial charge in [-0.25, -0.2) is 9.59 Å². The number of urea groups is 1. The molecule has 0 saturated heterocycles. The Morgan fingerprint density at radius 2 is 1.84 bits per heavy atom. The standard InChI is InChI=1S/C22H23ClN4O3S/c1-4-27-13(2)18(20(28)30-3)19(26-22(27)31)14-8-10-16(11-9-14)24-21(29)25-17-7-5-6-15(23)12-17/h5-12,19H,4H2,1-3H3,(H,26,31)(H2,24,25,29). The summed E-state index contributed by atoms with van der Waals surface area (Å²) in [6.45, 7) is 4.45. The van der Waals surface area contributed by atoms with E-state index in [0.717, 1.165) is 11.3 Å². The largest absolute Gasteiger partial charge is 0.466 e. The number of nitrogens with zero attached hydrogens (tertiary/aromatic N) is 1. The summed E-state index contributed by atoms with van der Waals surface area (Å²) in [6, 6.07) is 13.2. The molecule has 1 heterocycles. The van der Waals surface area contributed by atoms with Crippen LogP contribution in [-0.2, 0) is 9.53 Å². The lowest BCUT2D eigenvalue weighted by Gasteiger charge is -2.36. The molecular formula is C22H23ClN4O3S. The normalized spacial score (nSPS) is 15.9. The van der Waals surface area contributed by atoms with Gasteiger partial charge in [0.05, 0.1) is 18.7 Å². The quantitative estimate of drug-likeness (QED) is 0.445. The molecule has 3 N–H and O–H groups in total. The lowest BCUT2D eigenvalue weighted by molar-refractivity contribution is -0.136. The number of rotatable bonds is 5. The number of thiocarbonyl (C=S) groups is 1. The second kappa shape index (κ2) is 9.80. The molecule has 1 atom stereocenters. The van der Waals surface area contributed by atoms with E-state index in [4.69, 9.17) is 28.6 Å². The maximum Gasteiger partial charge on any atom is 0.337 e. The van der Waals surface area contributed by atoms with Crippen molar-refractivity contribution in [2.45, 2.75) is 19.9 Å². The van der Waals surface area contributed by atoms with Gasteiger partial charge in [-0.2, -0.15) is 0 Å². The molecule has 7 nitrogen and oxygen atoms in total. The van der Waals surface area contributed by atoms with Crippen LogP contribution in [-0.4, -0.2) is 35.7 Å². The average molecular weight is 459 g/mol. The molecule has 0 aromatic heterocycles. The van der Waals surface area contributed by atoms with Crippen LogP contribution in [0.4, 0.5) is 16.2 Å². The number of benzene rings is 2. The summed E-state index contributed by atoms with van der Waals surface area (Å²) in [5.74, 6) is -0.418. The van der Waals surface area contributed by atoms with E-state index in [1.807, 2.05) is 30.9 Å². The van der Waals surface area contributed by atoms with Crippen molar-refractivity contribution in [3.8, 4) is 0 Å². The number of amides is 2. The van der Waals surface area contributed by atoms with Crippen molar-refractivity contribution in [1.82, 2.24) is 10.2 Å². The van der Waals surface area contributed by atoms with Crippen molar-refractivity contribution in [1.29, 1.82) is 0 Å². The minimum absolute atomic E-state index is 0.392. The SMILES string of the molecule is CCN1C(=S)NC(c2ccc(NC(=O)Nc3cccc(Cl)c3)cc2)C(C(=O)OC)=C1C. The highest BCUT2D eigenvalue weighted by molar-refractivity contribution is 7.80. The molecule has 3 rings (SSSR count). The van der Waals surface area contributed by atoms with E-state index in [-0.39, 0.29) is 0 Å². The fourth-order valence-corrected chi connectivity index (χ4v) is 3.98. The smallest absolute Gasteiger partial charge is 0.337 e. The van der Waals surface area contributed by atoms with Gasteiger partial charge in [0.25, 0.3) is 0 Å². The van der Waals surface area contributed by atoms with Crippen LogP contribution < -0.4 is 16.0 Å². The van der Waals surface area contributed by atoms with Gasteiger partial charge in [-0.1, -0.05) is 29.8 Å². The lowest BCUT2D eigenvalue weighted by atomic mass is 9.95. The number of halogens is 1. The summed E-state index contributed by atoms with van der Waals surface area (Å²) in [6.07, 6.45) is 0. The molecule has 0 radical (unpaired) electrons. The molecule has 1 aliphatic heterocycles. The number of esters is 1. The van der Waals surface area contributed by atoms with Crippen LogP contribution in [0.2, 0.25) is 5.02 Å². The minimum atomic E-state index is -0.447. The molecule has 9 heteroatoms. The number of hydrogen-bond acceptors (Lipinski definition) is 4. The summed E-state index contributed by atoms with van der Waals surface area (Å²) in [7, 11) is 1.36. The first-order valence-electron chi connectivity index (χ1n) is 9.64. The Labute approximate surface area is 191 Å². The number of carbonyl (C=O) groups is 2. The van der Waals surface area contributed by atoms with Gasteiger partial charge in [0.2, 0.25) is 0 Å². The number of allylic oxidation sites excluding steroid dienone is 1. The monoisotopic (exact) mass is 458 g/mol. The molecule has 1 unspecified atom stereocenters. The fraction of sp³-hybridized carbons (Fsp3) is 0.227. The van der Waals surface area contributed by atoms with E-state index in [1.165, 1.54) is 7.11 Å². The number of anilines is 2. The number of methoxy groups -OCH3 is 1. The van der Waals surface area contributed by atoms with Crippen LogP contribution in [0.1, 0.15) is 25.5 Å². The Kier molecular flexibility index (Phi) is 7.14. The Balaban J connectivity index is 1.78. The molecule has 0 bridgehead atoms. The lowest BCUT2D eigenvalue weighted by Crippen LogP contribution is -2.47. The Hall–Kier alpha value is -3.10. The maximum atomic E-state index is 12.5. The van der Waals surface area contributed by atoms with Gasteiger partial charge >= 0.3 is 12.0 Å². The molecule has 0 saturated carbocycles. The van der Waals surface area contributed by atoms with Crippen LogP contribution in [0.5, 0.6) is 0 Å². The molecular weight excluding hydrogens is 436 g/mol. The van der Waals surface area contributed by atoms with E-state index < -0.39 is 18.0 Å². The van der Waals surface area contributed by atoms with E-state index in [9.17, 15) is 9.59 Å². The zero-order valence-corrected chi connectivity index (χ0v) is 18.9. The van der Waals surface area contributed by atoms with Gasteiger partial charge in [0, 0.05) is 28.6 Å². The molecule has 0 fully saturated rings. The summed E-state index contributed by atoms with van der Waals surface area (Å²) >= 11 is 11.4. The van der Waals surface area contributed by atoms with Gasteiger partial charge in [0.15, 0.2) is 5.11 Å². The molecule has 2 amide bonds. The van der Waals surface area contributed by atoms with Crippen molar-refractivity contribution < 1.29 is 14.3 Å². The fourth-order valence-electron chi connectivity index (χ4n) is 3.41. The first-order chi connectivity index (χ1) is 14.8. The summed E-state index contributed by atoms with van der Waals surface area (Å²) in [5, 5.41) is 9.78. The third-order valence-corrected chi connectivity index (χ3v) is 5.48. The molecule has 31 heavy (non-hydrogen) atoms. The predicted molar refractivity (Wildman–Crippen MR) is 126 cm³/mol. The van der Waals surface area contributed by atoms with Crippen LogP contribution >= 0.6 is 23.8 Å². The molecule has 2 aromatic rings. The highest BCUT2D eigenvalue weighted by Crippen LogP contribution is 2.31. The van der Waals surface area contributed by atoms with E-state index in [2.05, 4.69) is 16.0 Å². The van der Waals surface area contributed by atoms with Crippen molar-refractivity contribution in [3.05, 3.63) is 70.4 Å². The Morgan fingerprint density at radius 3 is 2.45 bits per heavy atom. The molecule has 162 valence electrons.